The van der Waals surface area contributed by atoms with E-state index in [1.165, 1.54) is 0 Å². The lowest BCUT2D eigenvalue weighted by molar-refractivity contribution is 0.0446. The minimum absolute atomic E-state index is 0.0391. The van der Waals surface area contributed by atoms with Gasteiger partial charge in [-0.05, 0) is 74.1 Å². The van der Waals surface area contributed by atoms with Crippen LogP contribution in [0.5, 0.6) is 0 Å². The van der Waals surface area contributed by atoms with E-state index in [0.29, 0.717) is 34.5 Å². The number of aliphatic hydroxyl groups is 1. The zero-order valence-electron chi connectivity index (χ0n) is 20.2. The van der Waals surface area contributed by atoms with Crippen LogP contribution < -0.4 is 0 Å². The number of hydrogen-bond acceptors (Lipinski definition) is 6. The SMILES string of the molecule is Cc1nc(C2CC2c2ccc(C(=O)N(C)C3CC4CCC(C3)N4CCO)cc2Cl)c2ccsc2n1. The summed E-state index contributed by atoms with van der Waals surface area (Å²) in [5, 5.41) is 13.3. The lowest BCUT2D eigenvalue weighted by Gasteiger charge is -2.42. The van der Waals surface area contributed by atoms with E-state index >= 15 is 0 Å². The number of benzene rings is 1. The van der Waals surface area contributed by atoms with Gasteiger partial charge in [0.15, 0.2) is 0 Å². The Morgan fingerprint density at radius 2 is 1.94 bits per heavy atom. The fraction of sp³-hybridized carbons (Fsp3) is 0.519. The zero-order chi connectivity index (χ0) is 24.3. The van der Waals surface area contributed by atoms with Crippen LogP contribution >= 0.6 is 22.9 Å². The van der Waals surface area contributed by atoms with Crippen molar-refractivity contribution in [2.75, 3.05) is 20.2 Å². The third-order valence-electron chi connectivity index (χ3n) is 8.34. The molecule has 1 aromatic carbocycles. The second-order valence-electron chi connectivity index (χ2n) is 10.4. The monoisotopic (exact) mass is 510 g/mol. The van der Waals surface area contributed by atoms with Crippen molar-refractivity contribution in [2.24, 2.45) is 0 Å². The van der Waals surface area contributed by atoms with Crippen LogP contribution in [0, 0.1) is 6.92 Å². The maximum Gasteiger partial charge on any atom is 0.253 e. The van der Waals surface area contributed by atoms with Crippen molar-refractivity contribution in [3.8, 4) is 0 Å². The van der Waals surface area contributed by atoms with Crippen LogP contribution in [0.3, 0.4) is 0 Å². The summed E-state index contributed by atoms with van der Waals surface area (Å²) < 4.78 is 0. The van der Waals surface area contributed by atoms with E-state index in [0.717, 1.165) is 65.9 Å². The molecule has 8 heteroatoms. The summed E-state index contributed by atoms with van der Waals surface area (Å²) >= 11 is 8.41. The third-order valence-corrected chi connectivity index (χ3v) is 9.47. The highest BCUT2D eigenvalue weighted by Gasteiger charge is 2.44. The molecule has 0 radical (unpaired) electrons. The van der Waals surface area contributed by atoms with Gasteiger partial charge in [-0.2, -0.15) is 0 Å². The van der Waals surface area contributed by atoms with E-state index in [1.807, 2.05) is 37.1 Å². The molecular formula is C27H31ClN4O2S. The van der Waals surface area contributed by atoms with Crippen LogP contribution in [0.4, 0.5) is 0 Å². The molecule has 0 spiro atoms. The highest BCUT2D eigenvalue weighted by molar-refractivity contribution is 7.16. The fourth-order valence-corrected chi connectivity index (χ4v) is 7.62. The topological polar surface area (TPSA) is 69.6 Å². The first kappa shape index (κ1) is 23.3. The van der Waals surface area contributed by atoms with E-state index in [4.69, 9.17) is 16.6 Å². The summed E-state index contributed by atoms with van der Waals surface area (Å²) in [5.41, 5.74) is 2.88. The Labute approximate surface area is 214 Å². The second kappa shape index (κ2) is 9.11. The predicted octanol–water partition coefficient (Wildman–Crippen LogP) is 4.98. The van der Waals surface area contributed by atoms with Crippen LogP contribution in [-0.4, -0.2) is 69.1 Å². The molecule has 35 heavy (non-hydrogen) atoms. The Kier molecular flexibility index (Phi) is 6.08. The average molecular weight is 511 g/mol. The van der Waals surface area contributed by atoms with Crippen molar-refractivity contribution in [3.63, 3.8) is 0 Å². The molecular weight excluding hydrogens is 480 g/mol. The number of aryl methyl sites for hydroxylation is 1. The number of fused-ring (bicyclic) bond motifs is 3. The number of amides is 1. The van der Waals surface area contributed by atoms with Crippen molar-refractivity contribution in [3.05, 3.63) is 57.3 Å². The van der Waals surface area contributed by atoms with Crippen molar-refractivity contribution in [1.29, 1.82) is 0 Å². The Morgan fingerprint density at radius 3 is 2.66 bits per heavy atom. The summed E-state index contributed by atoms with van der Waals surface area (Å²) in [4.78, 5) is 28.1. The van der Waals surface area contributed by atoms with Gasteiger partial charge < -0.3 is 10.0 Å². The van der Waals surface area contributed by atoms with E-state index in [1.54, 1.807) is 11.3 Å². The molecule has 3 fully saturated rings. The van der Waals surface area contributed by atoms with Gasteiger partial charge in [-0.15, -0.1) is 11.3 Å². The number of halogens is 1. The normalized spacial score (nSPS) is 27.9. The van der Waals surface area contributed by atoms with Gasteiger partial charge in [-0.25, -0.2) is 9.97 Å². The molecule has 184 valence electrons. The molecule has 6 rings (SSSR count). The molecule has 3 aliphatic rings. The quantitative estimate of drug-likeness (QED) is 0.506. The molecule has 2 saturated heterocycles. The molecule has 4 heterocycles. The number of thiophene rings is 1. The van der Waals surface area contributed by atoms with Gasteiger partial charge >= 0.3 is 0 Å². The molecule has 4 unspecified atom stereocenters. The van der Waals surface area contributed by atoms with E-state index in [-0.39, 0.29) is 18.6 Å². The lowest BCUT2D eigenvalue weighted by atomic mass is 9.95. The number of aromatic nitrogens is 2. The summed E-state index contributed by atoms with van der Waals surface area (Å²) in [6.45, 7) is 2.89. The maximum atomic E-state index is 13.4. The Balaban J connectivity index is 1.16. The number of nitrogens with zero attached hydrogens (tertiary/aromatic N) is 4. The molecule has 6 nitrogen and oxygen atoms in total. The van der Waals surface area contributed by atoms with Gasteiger partial charge in [0.05, 0.1) is 12.3 Å². The highest BCUT2D eigenvalue weighted by atomic mass is 35.5. The zero-order valence-corrected chi connectivity index (χ0v) is 21.7. The number of carbonyl (C=O) groups is 1. The van der Waals surface area contributed by atoms with Crippen molar-refractivity contribution >= 4 is 39.1 Å². The van der Waals surface area contributed by atoms with Crippen LogP contribution in [0.25, 0.3) is 10.2 Å². The minimum atomic E-state index is 0.0391. The van der Waals surface area contributed by atoms with Crippen molar-refractivity contribution in [1.82, 2.24) is 19.8 Å². The van der Waals surface area contributed by atoms with E-state index in [2.05, 4.69) is 21.3 Å². The summed E-state index contributed by atoms with van der Waals surface area (Å²) in [7, 11) is 1.93. The molecule has 1 saturated carbocycles. The first-order valence-corrected chi connectivity index (χ1v) is 13.8. The Hall–Kier alpha value is -2.06. The minimum Gasteiger partial charge on any atom is -0.395 e. The van der Waals surface area contributed by atoms with Gasteiger partial charge in [0.1, 0.15) is 10.7 Å². The van der Waals surface area contributed by atoms with Gasteiger partial charge in [0, 0.05) is 53.6 Å². The molecule has 4 atom stereocenters. The molecule has 2 aromatic heterocycles. The molecule has 1 N–H and O–H groups in total. The number of rotatable bonds is 6. The van der Waals surface area contributed by atoms with Crippen molar-refractivity contribution < 1.29 is 9.90 Å². The second-order valence-corrected chi connectivity index (χ2v) is 11.7. The average Bonchev–Trinajstić information content (AvgIpc) is 3.43. The van der Waals surface area contributed by atoms with Crippen LogP contribution in [0.15, 0.2) is 29.6 Å². The number of hydrogen-bond donors (Lipinski definition) is 1. The van der Waals surface area contributed by atoms with Gasteiger partial charge in [-0.1, -0.05) is 17.7 Å². The molecule has 3 aromatic rings. The van der Waals surface area contributed by atoms with Crippen molar-refractivity contribution in [2.45, 2.75) is 69.0 Å². The maximum absolute atomic E-state index is 13.4. The largest absolute Gasteiger partial charge is 0.395 e. The number of aliphatic hydroxyl groups excluding tert-OH is 1. The van der Waals surface area contributed by atoms with Crippen LogP contribution in [0.2, 0.25) is 5.02 Å². The third kappa shape index (κ3) is 4.16. The lowest BCUT2D eigenvalue weighted by Crippen LogP contribution is -2.51. The number of carbonyl (C=O) groups excluding carboxylic acids is 1. The van der Waals surface area contributed by atoms with Gasteiger partial charge in [0.2, 0.25) is 0 Å². The van der Waals surface area contributed by atoms with Crippen LogP contribution in [-0.2, 0) is 0 Å². The highest BCUT2D eigenvalue weighted by Crippen LogP contribution is 2.57. The number of piperidine rings is 1. The van der Waals surface area contributed by atoms with Gasteiger partial charge in [-0.3, -0.25) is 9.69 Å². The van der Waals surface area contributed by atoms with E-state index in [9.17, 15) is 9.90 Å². The standard InChI is InChI=1S/C27H31ClN4O2S/c1-15-29-25(21-7-10-35-26(21)30-15)23-14-22(23)20-6-3-16(11-24(20)28)27(34)31(2)19-12-17-4-5-18(13-19)32(17)8-9-33/h3,6-7,10-11,17-19,22-23,33H,4-5,8-9,12-14H2,1-2H3. The summed E-state index contributed by atoms with van der Waals surface area (Å²) in [6.07, 6.45) is 5.29. The first-order valence-electron chi connectivity index (χ1n) is 12.6. The summed E-state index contributed by atoms with van der Waals surface area (Å²) in [6, 6.07) is 9.13. The first-order chi connectivity index (χ1) is 16.9. The van der Waals surface area contributed by atoms with E-state index < -0.39 is 0 Å². The predicted molar refractivity (Wildman–Crippen MR) is 139 cm³/mol. The Bertz CT molecular complexity index is 1270. The molecule has 1 amide bonds. The fourth-order valence-electron chi connectivity index (χ4n) is 6.49. The molecule has 2 aliphatic heterocycles. The molecule has 1 aliphatic carbocycles. The summed E-state index contributed by atoms with van der Waals surface area (Å²) in [5.74, 6) is 1.52. The smallest absolute Gasteiger partial charge is 0.253 e. The Morgan fingerprint density at radius 1 is 1.17 bits per heavy atom. The van der Waals surface area contributed by atoms with Gasteiger partial charge in [0.25, 0.3) is 5.91 Å². The van der Waals surface area contributed by atoms with Crippen LogP contribution in [0.1, 0.15) is 71.4 Å². The molecule has 2 bridgehead atoms.